The molecule has 0 aliphatic carbocycles. The lowest BCUT2D eigenvalue weighted by molar-refractivity contribution is -0.118. The van der Waals surface area contributed by atoms with Crippen molar-refractivity contribution in [2.75, 3.05) is 24.4 Å². The van der Waals surface area contributed by atoms with E-state index in [1.54, 1.807) is 0 Å². The van der Waals surface area contributed by atoms with Crippen molar-refractivity contribution in [3.63, 3.8) is 0 Å². The Bertz CT molecular complexity index is 290. The maximum atomic E-state index is 11.2. The molecule has 4 nitrogen and oxygen atoms in total. The van der Waals surface area contributed by atoms with E-state index in [-0.39, 0.29) is 0 Å². The summed E-state index contributed by atoms with van der Waals surface area (Å²) in [5, 5.41) is 2.60. The van der Waals surface area contributed by atoms with E-state index in [9.17, 15) is 13.2 Å². The Morgan fingerprint density at radius 3 is 2.47 bits per heavy atom. The molecule has 0 aliphatic rings. The SMILES string of the molecule is CCC(CCCl)CNC(=O)CS(C)(=O)=O. The van der Waals surface area contributed by atoms with Gasteiger partial charge in [0.2, 0.25) is 5.91 Å². The standard InChI is InChI=1S/C9H18ClNO3S/c1-3-8(4-5-10)6-11-9(12)7-15(2,13)14/h8H,3-7H2,1-2H3,(H,11,12). The number of halogens is 1. The van der Waals surface area contributed by atoms with E-state index < -0.39 is 21.5 Å². The first-order valence-corrected chi connectivity index (χ1v) is 7.49. The Kier molecular flexibility index (Phi) is 6.92. The Hall–Kier alpha value is -0.290. The van der Waals surface area contributed by atoms with Gasteiger partial charge in [0, 0.05) is 18.7 Å². The maximum absolute atomic E-state index is 11.2. The number of hydrogen-bond acceptors (Lipinski definition) is 3. The minimum absolute atomic E-state index is 0.325. The smallest absolute Gasteiger partial charge is 0.235 e. The molecule has 0 bridgehead atoms. The molecule has 0 saturated carbocycles. The molecule has 0 spiro atoms. The average molecular weight is 256 g/mol. The number of alkyl halides is 1. The minimum Gasteiger partial charge on any atom is -0.355 e. The first-order valence-electron chi connectivity index (χ1n) is 4.89. The van der Waals surface area contributed by atoms with Gasteiger partial charge in [0.1, 0.15) is 5.75 Å². The number of nitrogens with one attached hydrogen (secondary N) is 1. The van der Waals surface area contributed by atoms with Crippen LogP contribution >= 0.6 is 11.6 Å². The summed E-state index contributed by atoms with van der Waals surface area (Å²) in [6, 6.07) is 0. The van der Waals surface area contributed by atoms with E-state index in [0.29, 0.717) is 18.3 Å². The van der Waals surface area contributed by atoms with E-state index in [4.69, 9.17) is 11.6 Å². The summed E-state index contributed by atoms with van der Waals surface area (Å²) in [6.45, 7) is 2.51. The molecule has 6 heteroatoms. The van der Waals surface area contributed by atoms with E-state index in [1.807, 2.05) is 6.92 Å². The molecule has 0 rings (SSSR count). The predicted molar refractivity (Wildman–Crippen MR) is 61.8 cm³/mol. The van der Waals surface area contributed by atoms with Gasteiger partial charge in [-0.05, 0) is 12.3 Å². The zero-order valence-electron chi connectivity index (χ0n) is 9.12. The number of carbonyl (C=O) groups is 1. The summed E-state index contributed by atoms with van der Waals surface area (Å²) in [5.74, 6) is 0.00151. The Morgan fingerprint density at radius 1 is 1.47 bits per heavy atom. The molecule has 0 aromatic carbocycles. The molecular formula is C9H18ClNO3S. The van der Waals surface area contributed by atoms with Crippen molar-refractivity contribution >= 4 is 27.3 Å². The molecule has 1 atom stereocenters. The third-order valence-electron chi connectivity index (χ3n) is 2.08. The van der Waals surface area contributed by atoms with E-state index in [1.165, 1.54) is 0 Å². The Balaban J connectivity index is 3.88. The lowest BCUT2D eigenvalue weighted by Crippen LogP contribution is -2.33. The van der Waals surface area contributed by atoms with Crippen molar-refractivity contribution in [3.05, 3.63) is 0 Å². The second-order valence-corrected chi connectivity index (χ2v) is 6.14. The zero-order chi connectivity index (χ0) is 11.9. The number of hydrogen-bond donors (Lipinski definition) is 1. The van der Waals surface area contributed by atoms with Crippen LogP contribution < -0.4 is 5.32 Å². The molecular weight excluding hydrogens is 238 g/mol. The van der Waals surface area contributed by atoms with Crippen LogP contribution in [0.25, 0.3) is 0 Å². The molecule has 1 unspecified atom stereocenters. The maximum Gasteiger partial charge on any atom is 0.235 e. The molecule has 1 N–H and O–H groups in total. The van der Waals surface area contributed by atoms with Gasteiger partial charge in [-0.2, -0.15) is 0 Å². The minimum atomic E-state index is -3.23. The molecule has 0 aliphatic heterocycles. The molecule has 0 fully saturated rings. The third kappa shape index (κ3) is 8.69. The normalized spacial score (nSPS) is 13.5. The monoisotopic (exact) mass is 255 g/mol. The van der Waals surface area contributed by atoms with Gasteiger partial charge < -0.3 is 5.32 Å². The molecule has 0 aromatic rings. The third-order valence-corrected chi connectivity index (χ3v) is 3.08. The fourth-order valence-electron chi connectivity index (χ4n) is 1.15. The summed E-state index contributed by atoms with van der Waals surface area (Å²) in [6.07, 6.45) is 2.80. The summed E-state index contributed by atoms with van der Waals surface area (Å²) in [4.78, 5) is 11.2. The van der Waals surface area contributed by atoms with Crippen LogP contribution in [0.1, 0.15) is 19.8 Å². The van der Waals surface area contributed by atoms with Crippen LogP contribution in [0.3, 0.4) is 0 Å². The fourth-order valence-corrected chi connectivity index (χ4v) is 2.04. The summed E-state index contributed by atoms with van der Waals surface area (Å²) < 4.78 is 21.6. The molecule has 0 saturated heterocycles. The Labute approximate surface area is 96.3 Å². The van der Waals surface area contributed by atoms with E-state index >= 15 is 0 Å². The van der Waals surface area contributed by atoms with Gasteiger partial charge in [0.05, 0.1) is 0 Å². The second-order valence-electron chi connectivity index (χ2n) is 3.63. The van der Waals surface area contributed by atoms with Gasteiger partial charge in [0.15, 0.2) is 9.84 Å². The van der Waals surface area contributed by atoms with Crippen molar-refractivity contribution in [2.24, 2.45) is 5.92 Å². The summed E-state index contributed by atoms with van der Waals surface area (Å²) in [7, 11) is -3.23. The van der Waals surface area contributed by atoms with Crippen LogP contribution in [0.5, 0.6) is 0 Å². The van der Waals surface area contributed by atoms with Gasteiger partial charge >= 0.3 is 0 Å². The first kappa shape index (κ1) is 14.7. The predicted octanol–water partition coefficient (Wildman–Crippen LogP) is 0.802. The quantitative estimate of drug-likeness (QED) is 0.685. The van der Waals surface area contributed by atoms with Crippen LogP contribution in [0.15, 0.2) is 0 Å². The fraction of sp³-hybridized carbons (Fsp3) is 0.889. The Morgan fingerprint density at radius 2 is 2.07 bits per heavy atom. The van der Waals surface area contributed by atoms with Crippen LogP contribution in [0.4, 0.5) is 0 Å². The van der Waals surface area contributed by atoms with Gasteiger partial charge in [-0.15, -0.1) is 11.6 Å². The topological polar surface area (TPSA) is 63.2 Å². The molecule has 0 heterocycles. The number of amides is 1. The number of rotatable bonds is 7. The number of sulfone groups is 1. The van der Waals surface area contributed by atoms with Gasteiger partial charge in [-0.25, -0.2) is 8.42 Å². The summed E-state index contributed by atoms with van der Waals surface area (Å²) >= 11 is 5.59. The van der Waals surface area contributed by atoms with E-state index in [2.05, 4.69) is 5.32 Å². The van der Waals surface area contributed by atoms with Crippen molar-refractivity contribution in [1.82, 2.24) is 5.32 Å². The van der Waals surface area contributed by atoms with Crippen molar-refractivity contribution in [2.45, 2.75) is 19.8 Å². The van der Waals surface area contributed by atoms with Gasteiger partial charge in [-0.3, -0.25) is 4.79 Å². The molecule has 1 amide bonds. The van der Waals surface area contributed by atoms with Crippen LogP contribution in [-0.4, -0.2) is 38.8 Å². The lowest BCUT2D eigenvalue weighted by Gasteiger charge is -2.13. The lowest BCUT2D eigenvalue weighted by atomic mass is 10.0. The first-order chi connectivity index (χ1) is 6.89. The highest BCUT2D eigenvalue weighted by Gasteiger charge is 2.12. The second kappa shape index (κ2) is 7.06. The average Bonchev–Trinajstić information content (AvgIpc) is 2.09. The van der Waals surface area contributed by atoms with Crippen molar-refractivity contribution < 1.29 is 13.2 Å². The highest BCUT2D eigenvalue weighted by Crippen LogP contribution is 2.07. The number of carbonyl (C=O) groups excluding carboxylic acids is 1. The van der Waals surface area contributed by atoms with Crippen LogP contribution in [0, 0.1) is 5.92 Å². The summed E-state index contributed by atoms with van der Waals surface area (Å²) in [5.41, 5.74) is 0. The highest BCUT2D eigenvalue weighted by atomic mass is 35.5. The van der Waals surface area contributed by atoms with E-state index in [0.717, 1.165) is 19.1 Å². The van der Waals surface area contributed by atoms with Crippen LogP contribution in [-0.2, 0) is 14.6 Å². The van der Waals surface area contributed by atoms with Gasteiger partial charge in [0.25, 0.3) is 0 Å². The zero-order valence-corrected chi connectivity index (χ0v) is 10.7. The van der Waals surface area contributed by atoms with Crippen LogP contribution in [0.2, 0.25) is 0 Å². The largest absolute Gasteiger partial charge is 0.355 e. The molecule has 90 valence electrons. The molecule has 0 radical (unpaired) electrons. The van der Waals surface area contributed by atoms with Crippen molar-refractivity contribution in [1.29, 1.82) is 0 Å². The highest BCUT2D eigenvalue weighted by molar-refractivity contribution is 7.91. The molecule has 15 heavy (non-hydrogen) atoms. The van der Waals surface area contributed by atoms with Gasteiger partial charge in [-0.1, -0.05) is 13.3 Å². The van der Waals surface area contributed by atoms with Crippen molar-refractivity contribution in [3.8, 4) is 0 Å². The molecule has 0 aromatic heterocycles.